The highest BCUT2D eigenvalue weighted by molar-refractivity contribution is 5.34. The van der Waals surface area contributed by atoms with Crippen molar-refractivity contribution in [1.29, 1.82) is 0 Å². The second-order valence-corrected chi connectivity index (χ2v) is 2.61. The number of nitrogens with one attached hydrogen (secondary N) is 1. The molecule has 0 bridgehead atoms. The molecular formula is C7H8FN3. The Kier molecular flexibility index (Phi) is 1.45. The maximum atomic E-state index is 12.7. The van der Waals surface area contributed by atoms with E-state index >= 15 is 0 Å². The van der Waals surface area contributed by atoms with Crippen molar-refractivity contribution in [2.24, 2.45) is 0 Å². The molecule has 1 saturated carbocycles. The molecule has 1 aliphatic rings. The van der Waals surface area contributed by atoms with E-state index in [0.29, 0.717) is 6.04 Å². The first-order valence-corrected chi connectivity index (χ1v) is 3.59. The lowest BCUT2D eigenvalue weighted by Crippen LogP contribution is -2.05. The Morgan fingerprint density at radius 3 is 2.73 bits per heavy atom. The SMILES string of the molecule is Fc1nccnc1NC1CC1. The third-order valence-electron chi connectivity index (χ3n) is 1.57. The summed E-state index contributed by atoms with van der Waals surface area (Å²) in [6.07, 6.45) is 5.03. The highest BCUT2D eigenvalue weighted by Gasteiger charge is 2.22. The van der Waals surface area contributed by atoms with Gasteiger partial charge in [-0.1, -0.05) is 0 Å². The van der Waals surface area contributed by atoms with Gasteiger partial charge in [0.2, 0.25) is 0 Å². The summed E-state index contributed by atoms with van der Waals surface area (Å²) < 4.78 is 12.7. The standard InChI is InChI=1S/C7H8FN3/c8-6-7(10-4-3-9-6)11-5-1-2-5/h3-5H,1-2H2,(H,10,11). The van der Waals surface area contributed by atoms with Crippen LogP contribution in [0, 0.1) is 5.95 Å². The number of halogens is 1. The normalized spacial score (nSPS) is 16.5. The van der Waals surface area contributed by atoms with Crippen LogP contribution < -0.4 is 5.32 Å². The lowest BCUT2D eigenvalue weighted by atomic mass is 10.6. The van der Waals surface area contributed by atoms with Gasteiger partial charge in [0.1, 0.15) is 0 Å². The Balaban J connectivity index is 2.15. The molecule has 0 unspecified atom stereocenters. The molecular weight excluding hydrogens is 145 g/mol. The van der Waals surface area contributed by atoms with Crippen LogP contribution in [0.15, 0.2) is 12.4 Å². The highest BCUT2D eigenvalue weighted by Crippen LogP contribution is 2.23. The third-order valence-corrected chi connectivity index (χ3v) is 1.57. The van der Waals surface area contributed by atoms with Crippen molar-refractivity contribution in [3.05, 3.63) is 18.3 Å². The second-order valence-electron chi connectivity index (χ2n) is 2.61. The molecule has 1 aromatic heterocycles. The van der Waals surface area contributed by atoms with Crippen molar-refractivity contribution in [1.82, 2.24) is 9.97 Å². The average Bonchev–Trinajstić information content (AvgIpc) is 2.78. The molecule has 3 nitrogen and oxygen atoms in total. The molecule has 1 aromatic rings. The van der Waals surface area contributed by atoms with Gasteiger partial charge in [-0.25, -0.2) is 9.97 Å². The maximum absolute atomic E-state index is 12.7. The van der Waals surface area contributed by atoms with Crippen LogP contribution in [0.2, 0.25) is 0 Å². The molecule has 0 radical (unpaired) electrons. The van der Waals surface area contributed by atoms with E-state index in [9.17, 15) is 4.39 Å². The number of nitrogens with zero attached hydrogens (tertiary/aromatic N) is 2. The van der Waals surface area contributed by atoms with Gasteiger partial charge in [-0.15, -0.1) is 0 Å². The van der Waals surface area contributed by atoms with Gasteiger partial charge < -0.3 is 5.32 Å². The Hall–Kier alpha value is -1.19. The third kappa shape index (κ3) is 1.45. The number of rotatable bonds is 2. The number of hydrogen-bond donors (Lipinski definition) is 1. The molecule has 0 aromatic carbocycles. The molecule has 0 aliphatic heterocycles. The largest absolute Gasteiger partial charge is 0.364 e. The minimum atomic E-state index is -0.514. The Labute approximate surface area is 63.7 Å². The zero-order valence-electron chi connectivity index (χ0n) is 5.92. The van der Waals surface area contributed by atoms with Crippen molar-refractivity contribution in [3.8, 4) is 0 Å². The molecule has 1 heterocycles. The van der Waals surface area contributed by atoms with Crippen molar-refractivity contribution in [3.63, 3.8) is 0 Å². The summed E-state index contributed by atoms with van der Waals surface area (Å²) in [6.45, 7) is 0. The predicted molar refractivity (Wildman–Crippen MR) is 38.6 cm³/mol. The molecule has 0 atom stereocenters. The van der Waals surface area contributed by atoms with E-state index in [-0.39, 0.29) is 5.82 Å². The smallest absolute Gasteiger partial charge is 0.255 e. The van der Waals surface area contributed by atoms with E-state index in [2.05, 4.69) is 15.3 Å². The quantitative estimate of drug-likeness (QED) is 0.693. The summed E-state index contributed by atoms with van der Waals surface area (Å²) in [5.74, 6) is -0.241. The van der Waals surface area contributed by atoms with Crippen molar-refractivity contribution in [2.45, 2.75) is 18.9 Å². The Morgan fingerprint density at radius 1 is 1.36 bits per heavy atom. The zero-order chi connectivity index (χ0) is 7.68. The Morgan fingerprint density at radius 2 is 2.09 bits per heavy atom. The highest BCUT2D eigenvalue weighted by atomic mass is 19.1. The molecule has 11 heavy (non-hydrogen) atoms. The number of aromatic nitrogens is 2. The molecule has 1 N–H and O–H groups in total. The fourth-order valence-electron chi connectivity index (χ4n) is 0.839. The van der Waals surface area contributed by atoms with E-state index in [0.717, 1.165) is 12.8 Å². The van der Waals surface area contributed by atoms with Crippen LogP contribution in [-0.2, 0) is 0 Å². The van der Waals surface area contributed by atoms with Crippen molar-refractivity contribution >= 4 is 5.82 Å². The van der Waals surface area contributed by atoms with E-state index in [4.69, 9.17) is 0 Å². The summed E-state index contributed by atoms with van der Waals surface area (Å²) in [5.41, 5.74) is 0. The first kappa shape index (κ1) is 6.52. The van der Waals surface area contributed by atoms with E-state index in [1.807, 2.05) is 0 Å². The number of anilines is 1. The summed E-state index contributed by atoms with van der Waals surface area (Å²) in [6, 6.07) is 0.418. The van der Waals surface area contributed by atoms with Gasteiger partial charge in [-0.2, -0.15) is 4.39 Å². The summed E-state index contributed by atoms with van der Waals surface area (Å²) in [4.78, 5) is 7.28. The van der Waals surface area contributed by atoms with Crippen LogP contribution in [0.3, 0.4) is 0 Å². The molecule has 0 amide bonds. The topological polar surface area (TPSA) is 37.8 Å². The fourth-order valence-corrected chi connectivity index (χ4v) is 0.839. The molecule has 2 rings (SSSR count). The van der Waals surface area contributed by atoms with Gasteiger partial charge in [0.25, 0.3) is 5.95 Å². The van der Waals surface area contributed by atoms with Crippen LogP contribution in [0.1, 0.15) is 12.8 Å². The van der Waals surface area contributed by atoms with Gasteiger partial charge >= 0.3 is 0 Å². The second kappa shape index (κ2) is 2.45. The minimum Gasteiger partial charge on any atom is -0.364 e. The van der Waals surface area contributed by atoms with E-state index < -0.39 is 5.95 Å². The first-order valence-electron chi connectivity index (χ1n) is 3.59. The summed E-state index contributed by atoms with van der Waals surface area (Å²) >= 11 is 0. The lowest BCUT2D eigenvalue weighted by Gasteiger charge is -2.01. The van der Waals surface area contributed by atoms with Crippen molar-refractivity contribution in [2.75, 3.05) is 5.32 Å². The van der Waals surface area contributed by atoms with Crippen LogP contribution >= 0.6 is 0 Å². The first-order chi connectivity index (χ1) is 5.36. The monoisotopic (exact) mass is 153 g/mol. The fraction of sp³-hybridized carbons (Fsp3) is 0.429. The van der Waals surface area contributed by atoms with Gasteiger partial charge in [0.15, 0.2) is 5.82 Å². The molecule has 58 valence electrons. The lowest BCUT2D eigenvalue weighted by molar-refractivity contribution is 0.580. The van der Waals surface area contributed by atoms with Gasteiger partial charge in [0, 0.05) is 18.4 Å². The van der Waals surface area contributed by atoms with Gasteiger partial charge in [-0.3, -0.25) is 0 Å². The molecule has 1 aliphatic carbocycles. The average molecular weight is 153 g/mol. The minimum absolute atomic E-state index is 0.273. The van der Waals surface area contributed by atoms with E-state index in [1.54, 1.807) is 0 Å². The number of hydrogen-bond acceptors (Lipinski definition) is 3. The van der Waals surface area contributed by atoms with Gasteiger partial charge in [-0.05, 0) is 12.8 Å². The van der Waals surface area contributed by atoms with Gasteiger partial charge in [0.05, 0.1) is 0 Å². The Bertz CT molecular complexity index is 260. The summed E-state index contributed by atoms with van der Waals surface area (Å²) in [5, 5.41) is 2.94. The molecule has 0 spiro atoms. The zero-order valence-corrected chi connectivity index (χ0v) is 5.92. The van der Waals surface area contributed by atoms with Crippen LogP contribution in [-0.4, -0.2) is 16.0 Å². The molecule has 0 saturated heterocycles. The summed E-state index contributed by atoms with van der Waals surface area (Å²) in [7, 11) is 0. The predicted octanol–water partition coefficient (Wildman–Crippen LogP) is 1.19. The van der Waals surface area contributed by atoms with Crippen LogP contribution in [0.5, 0.6) is 0 Å². The van der Waals surface area contributed by atoms with Crippen LogP contribution in [0.4, 0.5) is 10.2 Å². The van der Waals surface area contributed by atoms with Crippen LogP contribution in [0.25, 0.3) is 0 Å². The van der Waals surface area contributed by atoms with E-state index in [1.165, 1.54) is 12.4 Å². The van der Waals surface area contributed by atoms with Crippen molar-refractivity contribution < 1.29 is 4.39 Å². The molecule has 1 fully saturated rings. The molecule has 4 heteroatoms. The maximum Gasteiger partial charge on any atom is 0.255 e.